The molecule has 0 radical (unpaired) electrons. The molecule has 0 spiro atoms. The van der Waals surface area contributed by atoms with E-state index in [9.17, 15) is 0 Å². The third-order valence-corrected chi connectivity index (χ3v) is 4.46. The molecule has 1 aromatic carbocycles. The van der Waals surface area contributed by atoms with E-state index >= 15 is 0 Å². The first-order valence-electron chi connectivity index (χ1n) is 6.00. The summed E-state index contributed by atoms with van der Waals surface area (Å²) in [5.74, 6) is 1.56. The van der Waals surface area contributed by atoms with Crippen LogP contribution in [0.1, 0.15) is 11.5 Å². The summed E-state index contributed by atoms with van der Waals surface area (Å²) in [5, 5.41) is 16.2. The third-order valence-electron chi connectivity index (χ3n) is 2.45. The zero-order valence-electron chi connectivity index (χ0n) is 10.7. The fraction of sp³-hybridized carbons (Fsp3) is 0.154. The summed E-state index contributed by atoms with van der Waals surface area (Å²) < 4.78 is 5.94. The van der Waals surface area contributed by atoms with E-state index in [1.807, 2.05) is 43.3 Å². The van der Waals surface area contributed by atoms with E-state index in [2.05, 4.69) is 20.7 Å². The first-order chi connectivity index (χ1) is 9.79. The van der Waals surface area contributed by atoms with Crippen molar-refractivity contribution in [3.8, 4) is 0 Å². The lowest BCUT2D eigenvalue weighted by Crippen LogP contribution is -1.87. The van der Waals surface area contributed by atoms with Crippen LogP contribution in [0.3, 0.4) is 0 Å². The minimum Gasteiger partial charge on any atom is -0.361 e. The van der Waals surface area contributed by atoms with Gasteiger partial charge in [0.15, 0.2) is 4.34 Å². The van der Waals surface area contributed by atoms with Crippen molar-refractivity contribution in [2.24, 2.45) is 0 Å². The number of anilines is 2. The van der Waals surface area contributed by atoms with Gasteiger partial charge < -0.3 is 9.84 Å². The zero-order chi connectivity index (χ0) is 13.8. The molecule has 3 aromatic rings. The van der Waals surface area contributed by atoms with Crippen LogP contribution in [0.4, 0.5) is 10.8 Å². The standard InChI is InChI=1S/C13H12N4OS2/c1-9-7-11(17-18-9)8-19-13-16-15-12(20-13)14-10-5-3-2-4-6-10/h2-7H,8H2,1H3,(H,14,15). The first-order valence-corrected chi connectivity index (χ1v) is 7.80. The Balaban J connectivity index is 1.59. The number of hydrogen-bond acceptors (Lipinski definition) is 7. The predicted molar refractivity (Wildman–Crippen MR) is 80.4 cm³/mol. The van der Waals surface area contributed by atoms with Crippen LogP contribution in [0.2, 0.25) is 0 Å². The van der Waals surface area contributed by atoms with Gasteiger partial charge in [0, 0.05) is 17.5 Å². The van der Waals surface area contributed by atoms with E-state index in [0.717, 1.165) is 32.4 Å². The van der Waals surface area contributed by atoms with E-state index in [-0.39, 0.29) is 0 Å². The lowest BCUT2D eigenvalue weighted by Gasteiger charge is -1.99. The molecule has 1 N–H and O–H groups in total. The molecule has 0 unspecified atom stereocenters. The minimum atomic E-state index is 0.733. The molecule has 0 aliphatic heterocycles. The average molecular weight is 304 g/mol. The molecule has 0 saturated heterocycles. The fourth-order valence-corrected chi connectivity index (χ4v) is 3.24. The molecule has 3 rings (SSSR count). The maximum absolute atomic E-state index is 5.03. The highest BCUT2D eigenvalue weighted by Gasteiger charge is 2.07. The molecule has 7 heteroatoms. The molecule has 0 atom stereocenters. The number of benzene rings is 1. The number of thioether (sulfide) groups is 1. The molecule has 0 amide bonds. The fourth-order valence-electron chi connectivity index (χ4n) is 1.59. The second-order valence-corrected chi connectivity index (χ2v) is 6.28. The van der Waals surface area contributed by atoms with Crippen LogP contribution in [0.5, 0.6) is 0 Å². The van der Waals surface area contributed by atoms with Crippen LogP contribution in [0, 0.1) is 6.92 Å². The zero-order valence-corrected chi connectivity index (χ0v) is 12.4. The van der Waals surface area contributed by atoms with Gasteiger partial charge in [-0.2, -0.15) is 0 Å². The van der Waals surface area contributed by atoms with Crippen LogP contribution in [-0.4, -0.2) is 15.4 Å². The summed E-state index contributed by atoms with van der Waals surface area (Å²) in [6, 6.07) is 11.8. The predicted octanol–water partition coefficient (Wildman–Crippen LogP) is 3.87. The third kappa shape index (κ3) is 3.37. The van der Waals surface area contributed by atoms with Crippen molar-refractivity contribution in [1.29, 1.82) is 0 Å². The highest BCUT2D eigenvalue weighted by molar-refractivity contribution is 8.00. The molecule has 0 aliphatic rings. The van der Waals surface area contributed by atoms with Gasteiger partial charge in [-0.15, -0.1) is 10.2 Å². The van der Waals surface area contributed by atoms with Crippen LogP contribution < -0.4 is 5.32 Å². The van der Waals surface area contributed by atoms with Crippen LogP contribution in [0.25, 0.3) is 0 Å². The topological polar surface area (TPSA) is 63.8 Å². The number of hydrogen-bond donors (Lipinski definition) is 1. The summed E-state index contributed by atoms with van der Waals surface area (Å²) in [7, 11) is 0. The van der Waals surface area contributed by atoms with Gasteiger partial charge >= 0.3 is 0 Å². The molecule has 2 aromatic heterocycles. The van der Waals surface area contributed by atoms with E-state index in [4.69, 9.17) is 4.52 Å². The SMILES string of the molecule is Cc1cc(CSc2nnc(Nc3ccccc3)s2)no1. The van der Waals surface area contributed by atoms with Crippen LogP contribution >= 0.6 is 23.1 Å². The quantitative estimate of drug-likeness (QED) is 0.722. The van der Waals surface area contributed by atoms with Crippen LogP contribution in [0.15, 0.2) is 45.3 Å². The van der Waals surface area contributed by atoms with Crippen LogP contribution in [-0.2, 0) is 5.75 Å². The number of rotatable bonds is 5. The molecule has 102 valence electrons. The Hall–Kier alpha value is -1.86. The second-order valence-electron chi connectivity index (χ2n) is 4.08. The molecule has 2 heterocycles. The smallest absolute Gasteiger partial charge is 0.210 e. The van der Waals surface area contributed by atoms with Gasteiger partial charge in [0.1, 0.15) is 5.76 Å². The van der Waals surface area contributed by atoms with Gasteiger partial charge in [-0.25, -0.2) is 0 Å². The normalized spacial score (nSPS) is 10.7. The van der Waals surface area contributed by atoms with E-state index in [0.29, 0.717) is 0 Å². The highest BCUT2D eigenvalue weighted by Crippen LogP contribution is 2.29. The molecule has 0 bridgehead atoms. The summed E-state index contributed by atoms with van der Waals surface area (Å²) in [5.41, 5.74) is 1.92. The first kappa shape index (κ1) is 13.1. The average Bonchev–Trinajstić information content (AvgIpc) is 3.07. The molecular weight excluding hydrogens is 292 g/mol. The Bertz CT molecular complexity index is 681. The van der Waals surface area contributed by atoms with Crippen molar-refractivity contribution in [1.82, 2.24) is 15.4 Å². The van der Waals surface area contributed by atoms with E-state index in [1.54, 1.807) is 11.8 Å². The summed E-state index contributed by atoms with van der Waals surface area (Å²) in [4.78, 5) is 0. The van der Waals surface area contributed by atoms with Gasteiger partial charge in [-0.1, -0.05) is 46.5 Å². The van der Waals surface area contributed by atoms with Gasteiger partial charge in [-0.3, -0.25) is 0 Å². The Morgan fingerprint density at radius 2 is 2.10 bits per heavy atom. The molecule has 0 saturated carbocycles. The Morgan fingerprint density at radius 1 is 1.25 bits per heavy atom. The maximum Gasteiger partial charge on any atom is 0.210 e. The van der Waals surface area contributed by atoms with Crippen molar-refractivity contribution in [3.63, 3.8) is 0 Å². The number of aryl methyl sites for hydroxylation is 1. The lowest BCUT2D eigenvalue weighted by molar-refractivity contribution is 0.393. The van der Waals surface area contributed by atoms with Crippen molar-refractivity contribution < 1.29 is 4.52 Å². The van der Waals surface area contributed by atoms with Gasteiger partial charge in [0.2, 0.25) is 5.13 Å². The second kappa shape index (κ2) is 6.06. The molecule has 5 nitrogen and oxygen atoms in total. The van der Waals surface area contributed by atoms with Gasteiger partial charge in [-0.05, 0) is 19.1 Å². The molecule has 20 heavy (non-hydrogen) atoms. The Labute approximate surface area is 124 Å². The monoisotopic (exact) mass is 304 g/mol. The number of para-hydroxylation sites is 1. The Kier molecular flexibility index (Phi) is 3.98. The van der Waals surface area contributed by atoms with Crippen molar-refractivity contribution in [3.05, 3.63) is 47.9 Å². The molecule has 0 fully saturated rings. The van der Waals surface area contributed by atoms with E-state index < -0.39 is 0 Å². The van der Waals surface area contributed by atoms with Gasteiger partial charge in [0.05, 0.1) is 5.69 Å². The lowest BCUT2D eigenvalue weighted by atomic mass is 10.3. The van der Waals surface area contributed by atoms with Crippen molar-refractivity contribution in [2.45, 2.75) is 17.0 Å². The highest BCUT2D eigenvalue weighted by atomic mass is 32.2. The van der Waals surface area contributed by atoms with Crippen molar-refractivity contribution in [2.75, 3.05) is 5.32 Å². The summed E-state index contributed by atoms with van der Waals surface area (Å²) >= 11 is 3.13. The Morgan fingerprint density at radius 3 is 2.85 bits per heavy atom. The van der Waals surface area contributed by atoms with Gasteiger partial charge in [0.25, 0.3) is 0 Å². The minimum absolute atomic E-state index is 0.733. The maximum atomic E-state index is 5.03. The number of nitrogens with one attached hydrogen (secondary N) is 1. The molecular formula is C13H12N4OS2. The summed E-state index contributed by atoms with van der Waals surface area (Å²) in [6.45, 7) is 1.88. The van der Waals surface area contributed by atoms with Crippen molar-refractivity contribution >= 4 is 33.9 Å². The molecule has 0 aliphatic carbocycles. The van der Waals surface area contributed by atoms with E-state index in [1.165, 1.54) is 11.3 Å². The summed E-state index contributed by atoms with van der Waals surface area (Å²) in [6.07, 6.45) is 0. The number of aromatic nitrogens is 3. The number of nitrogens with zero attached hydrogens (tertiary/aromatic N) is 3. The largest absolute Gasteiger partial charge is 0.361 e.